The minimum atomic E-state index is -5.83. The number of nitrogens with zero attached hydrogens (tertiary/aromatic N) is 3. The molecule has 186 valence electrons. The van der Waals surface area contributed by atoms with Gasteiger partial charge in [0.1, 0.15) is 0 Å². The van der Waals surface area contributed by atoms with Crippen molar-refractivity contribution in [3.63, 3.8) is 0 Å². The molecule has 3 aliphatic carbocycles. The average molecular weight is 510 g/mol. The summed E-state index contributed by atoms with van der Waals surface area (Å²) in [6.45, 7) is -1.39. The first-order chi connectivity index (χ1) is 15.6. The molecule has 6 rings (SSSR count). The van der Waals surface area contributed by atoms with Gasteiger partial charge in [0, 0.05) is 36.4 Å². The highest BCUT2D eigenvalue weighted by molar-refractivity contribution is 7.89. The maximum atomic E-state index is 13.5. The summed E-state index contributed by atoms with van der Waals surface area (Å²) < 4.78 is 106. The van der Waals surface area contributed by atoms with Crippen LogP contribution >= 0.6 is 0 Å². The highest BCUT2D eigenvalue weighted by Gasteiger charge is 2.71. The summed E-state index contributed by atoms with van der Waals surface area (Å²) in [5.41, 5.74) is -7.71. The number of sulfonamides is 1. The molecule has 2 heterocycles. The van der Waals surface area contributed by atoms with E-state index in [9.17, 15) is 39.9 Å². The first-order valence-corrected chi connectivity index (χ1v) is 11.8. The Morgan fingerprint density at radius 3 is 2.35 bits per heavy atom. The van der Waals surface area contributed by atoms with E-state index in [0.29, 0.717) is 11.8 Å². The number of hydrogen-bond donors (Lipinski definition) is 2. The molecule has 0 saturated heterocycles. The highest BCUT2D eigenvalue weighted by Crippen LogP contribution is 2.70. The van der Waals surface area contributed by atoms with Crippen molar-refractivity contribution >= 4 is 15.7 Å². The molecule has 4 aliphatic rings. The fourth-order valence-corrected chi connectivity index (χ4v) is 6.59. The van der Waals surface area contributed by atoms with Crippen molar-refractivity contribution in [2.24, 2.45) is 5.41 Å². The maximum absolute atomic E-state index is 13.5. The number of benzene rings is 1. The molecule has 2 N–H and O–H groups in total. The van der Waals surface area contributed by atoms with Gasteiger partial charge >= 0.3 is 21.7 Å². The van der Waals surface area contributed by atoms with Crippen molar-refractivity contribution in [1.29, 1.82) is 0 Å². The lowest BCUT2D eigenvalue weighted by Crippen LogP contribution is -2.75. The molecular formula is C20H20F6N4O3S. The van der Waals surface area contributed by atoms with Gasteiger partial charge in [-0.05, 0) is 43.0 Å². The summed E-state index contributed by atoms with van der Waals surface area (Å²) in [7, 11) is -5.83. The Hall–Kier alpha value is -2.32. The molecule has 0 unspecified atom stereocenters. The van der Waals surface area contributed by atoms with Crippen molar-refractivity contribution in [1.82, 2.24) is 14.3 Å². The van der Waals surface area contributed by atoms with E-state index in [1.165, 1.54) is 18.6 Å². The first-order valence-electron chi connectivity index (χ1n) is 10.4. The second kappa shape index (κ2) is 7.10. The number of halogens is 6. The summed E-state index contributed by atoms with van der Waals surface area (Å²) in [6.07, 6.45) is -1.06. The number of rotatable bonds is 4. The monoisotopic (exact) mass is 510 g/mol. The van der Waals surface area contributed by atoms with Gasteiger partial charge in [-0.2, -0.15) is 30.6 Å². The number of imidazole rings is 1. The van der Waals surface area contributed by atoms with Crippen LogP contribution < -0.4 is 4.90 Å². The number of aromatic amines is 1. The first kappa shape index (κ1) is 23.4. The Kier molecular flexibility index (Phi) is 4.89. The van der Waals surface area contributed by atoms with Crippen molar-refractivity contribution < 1.29 is 39.9 Å². The van der Waals surface area contributed by atoms with E-state index in [-0.39, 0.29) is 41.4 Å². The molecule has 0 amide bonds. The summed E-state index contributed by atoms with van der Waals surface area (Å²) >= 11 is 0. The fraction of sp³-hybridized carbons (Fsp3) is 0.550. The van der Waals surface area contributed by atoms with Crippen LogP contribution in [0.1, 0.15) is 36.1 Å². The molecule has 3 fully saturated rings. The van der Waals surface area contributed by atoms with Gasteiger partial charge in [-0.3, -0.25) is 0 Å². The SMILES string of the molecule is O=S(=O)(N1Cc2cc(C(F)(F)F)ccc2N(Cc2cnc[nH]2)[C@H](C23CC(O)(C2)C3)C1)C(F)(F)F. The Labute approximate surface area is 190 Å². The van der Waals surface area contributed by atoms with Gasteiger partial charge in [0.05, 0.1) is 29.7 Å². The maximum Gasteiger partial charge on any atom is 0.511 e. The molecule has 34 heavy (non-hydrogen) atoms. The second-order valence-electron chi connectivity index (χ2n) is 9.42. The van der Waals surface area contributed by atoms with E-state index < -0.39 is 57.4 Å². The zero-order chi connectivity index (χ0) is 24.7. The molecule has 3 saturated carbocycles. The molecule has 0 spiro atoms. The van der Waals surface area contributed by atoms with E-state index in [1.807, 2.05) is 0 Å². The third-order valence-electron chi connectivity index (χ3n) is 7.09. The second-order valence-corrected chi connectivity index (χ2v) is 11.4. The third-order valence-corrected chi connectivity index (χ3v) is 8.64. The van der Waals surface area contributed by atoms with Gasteiger partial charge in [0.15, 0.2) is 0 Å². The number of alkyl halides is 6. The fourth-order valence-electron chi connectivity index (χ4n) is 5.65. The lowest BCUT2D eigenvalue weighted by Gasteiger charge is -2.71. The molecule has 2 bridgehead atoms. The number of fused-ring (bicyclic) bond motifs is 1. The minimum Gasteiger partial charge on any atom is -0.390 e. The molecule has 1 aromatic heterocycles. The normalized spacial score (nSPS) is 29.7. The van der Waals surface area contributed by atoms with Gasteiger partial charge in [0.25, 0.3) is 0 Å². The summed E-state index contributed by atoms with van der Waals surface area (Å²) in [5.74, 6) is 0. The number of hydrogen-bond acceptors (Lipinski definition) is 5. The van der Waals surface area contributed by atoms with Gasteiger partial charge in [-0.25, -0.2) is 13.4 Å². The van der Waals surface area contributed by atoms with Crippen LogP contribution in [0.25, 0.3) is 0 Å². The average Bonchev–Trinajstić information content (AvgIpc) is 3.12. The van der Waals surface area contributed by atoms with Gasteiger partial charge < -0.3 is 15.0 Å². The lowest BCUT2D eigenvalue weighted by molar-refractivity contribution is -0.269. The van der Waals surface area contributed by atoms with E-state index in [4.69, 9.17) is 0 Å². The third kappa shape index (κ3) is 3.57. The zero-order valence-corrected chi connectivity index (χ0v) is 18.3. The highest BCUT2D eigenvalue weighted by atomic mass is 32.2. The molecule has 0 radical (unpaired) electrons. The molecule has 1 aromatic carbocycles. The number of nitrogens with one attached hydrogen (secondary N) is 1. The van der Waals surface area contributed by atoms with E-state index in [0.717, 1.165) is 6.07 Å². The Morgan fingerprint density at radius 2 is 1.82 bits per heavy atom. The van der Waals surface area contributed by atoms with Crippen LogP contribution in [0.15, 0.2) is 30.7 Å². The predicted octanol–water partition coefficient (Wildman–Crippen LogP) is 3.38. The quantitative estimate of drug-likeness (QED) is 0.616. The molecular weight excluding hydrogens is 490 g/mol. The van der Waals surface area contributed by atoms with Gasteiger partial charge in [0.2, 0.25) is 0 Å². The van der Waals surface area contributed by atoms with Crippen LogP contribution in [0.3, 0.4) is 0 Å². The standard InChI is InChI=1S/C20H20F6N4O3S/c21-19(22,23)13-1-2-15-12(3-13)5-29(34(32,33)20(24,25)26)7-16(17-8-18(31,9-17)10-17)30(15)6-14-4-27-11-28-14/h1-4,11,16,31H,5-10H2,(H,27,28)/t16-,17?,18?/m0/s1. The number of anilines is 1. The number of H-pyrrole nitrogens is 1. The van der Waals surface area contributed by atoms with Crippen LogP contribution in [0.4, 0.5) is 32.0 Å². The van der Waals surface area contributed by atoms with Crippen molar-refractivity contribution in [3.8, 4) is 0 Å². The Balaban J connectivity index is 1.65. The van der Waals surface area contributed by atoms with E-state index in [2.05, 4.69) is 9.97 Å². The Morgan fingerprint density at radius 1 is 1.15 bits per heavy atom. The van der Waals surface area contributed by atoms with Crippen LogP contribution in [0.2, 0.25) is 0 Å². The topological polar surface area (TPSA) is 89.5 Å². The zero-order valence-electron chi connectivity index (χ0n) is 17.5. The molecule has 1 aliphatic heterocycles. The van der Waals surface area contributed by atoms with E-state index >= 15 is 0 Å². The molecule has 2 aromatic rings. The predicted molar refractivity (Wildman–Crippen MR) is 107 cm³/mol. The van der Waals surface area contributed by atoms with Crippen molar-refractivity contribution in [2.75, 3.05) is 11.4 Å². The molecule has 1 atom stereocenters. The van der Waals surface area contributed by atoms with Gasteiger partial charge in [-0.15, -0.1) is 0 Å². The summed E-state index contributed by atoms with van der Waals surface area (Å²) in [4.78, 5) is 8.43. The minimum absolute atomic E-state index is 0.0586. The summed E-state index contributed by atoms with van der Waals surface area (Å²) in [6, 6.07) is 1.90. The smallest absolute Gasteiger partial charge is 0.390 e. The van der Waals surface area contributed by atoms with Gasteiger partial charge in [-0.1, -0.05) is 0 Å². The van der Waals surface area contributed by atoms with Crippen molar-refractivity contribution in [2.45, 2.75) is 55.7 Å². The number of aliphatic hydroxyl groups is 1. The van der Waals surface area contributed by atoms with Crippen molar-refractivity contribution in [3.05, 3.63) is 47.5 Å². The Bertz CT molecular complexity index is 1190. The van der Waals surface area contributed by atoms with E-state index in [1.54, 1.807) is 4.90 Å². The number of aromatic nitrogens is 2. The molecule has 14 heteroatoms. The summed E-state index contributed by atoms with van der Waals surface area (Å²) in [5, 5.41) is 10.3. The van der Waals surface area contributed by atoms with Crippen LogP contribution in [-0.4, -0.2) is 51.5 Å². The lowest BCUT2D eigenvalue weighted by atomic mass is 9.38. The van der Waals surface area contributed by atoms with Crippen LogP contribution in [-0.2, 0) is 29.3 Å². The van der Waals surface area contributed by atoms with Crippen LogP contribution in [0, 0.1) is 5.41 Å². The largest absolute Gasteiger partial charge is 0.511 e. The van der Waals surface area contributed by atoms with Crippen LogP contribution in [0.5, 0.6) is 0 Å². The molecule has 7 nitrogen and oxygen atoms in total.